The maximum atomic E-state index is 13.5. The van der Waals surface area contributed by atoms with Crippen LogP contribution in [0.15, 0.2) is 22.6 Å². The Labute approximate surface area is 146 Å². The molecule has 2 fully saturated rings. The summed E-state index contributed by atoms with van der Waals surface area (Å²) in [5.74, 6) is 0.314. The van der Waals surface area contributed by atoms with E-state index in [4.69, 9.17) is 9.15 Å². The number of carbonyl (C=O) groups is 1. The fourth-order valence-electron chi connectivity index (χ4n) is 4.04. The van der Waals surface area contributed by atoms with E-state index < -0.39 is 0 Å². The van der Waals surface area contributed by atoms with Crippen LogP contribution in [0.5, 0.6) is 0 Å². The topological polar surface area (TPSA) is 45.9 Å². The SMILES string of the molecule is Cc1c(C(=O)N2C[C@H](C)[C@@H](N3CCOCC3)C2)oc2ccc(F)cc12. The fourth-order valence-corrected chi connectivity index (χ4v) is 4.04. The van der Waals surface area contributed by atoms with Gasteiger partial charge in [-0.2, -0.15) is 0 Å². The van der Waals surface area contributed by atoms with Crippen molar-refractivity contribution in [3.8, 4) is 0 Å². The molecule has 25 heavy (non-hydrogen) atoms. The van der Waals surface area contributed by atoms with Crippen LogP contribution in [0.1, 0.15) is 23.0 Å². The summed E-state index contributed by atoms with van der Waals surface area (Å²) in [4.78, 5) is 17.3. The third-order valence-electron chi connectivity index (χ3n) is 5.47. The van der Waals surface area contributed by atoms with Crippen LogP contribution < -0.4 is 0 Å². The molecular weight excluding hydrogens is 323 g/mol. The highest BCUT2D eigenvalue weighted by Gasteiger charge is 2.38. The number of furan rings is 1. The van der Waals surface area contributed by atoms with Gasteiger partial charge in [-0.25, -0.2) is 4.39 Å². The molecule has 2 aliphatic rings. The van der Waals surface area contributed by atoms with Gasteiger partial charge in [0.1, 0.15) is 11.4 Å². The first-order valence-electron chi connectivity index (χ1n) is 8.84. The van der Waals surface area contributed by atoms with Gasteiger partial charge in [-0.1, -0.05) is 6.92 Å². The summed E-state index contributed by atoms with van der Waals surface area (Å²) in [6, 6.07) is 4.72. The monoisotopic (exact) mass is 346 g/mol. The van der Waals surface area contributed by atoms with Crippen LogP contribution in [0.2, 0.25) is 0 Å². The van der Waals surface area contributed by atoms with Gasteiger partial charge in [0.05, 0.1) is 13.2 Å². The smallest absolute Gasteiger partial charge is 0.289 e. The quantitative estimate of drug-likeness (QED) is 0.839. The minimum atomic E-state index is -0.322. The number of hydrogen-bond acceptors (Lipinski definition) is 4. The molecule has 5 nitrogen and oxygen atoms in total. The highest BCUT2D eigenvalue weighted by Crippen LogP contribution is 2.29. The van der Waals surface area contributed by atoms with E-state index in [1.165, 1.54) is 12.1 Å². The first-order valence-corrected chi connectivity index (χ1v) is 8.84. The summed E-state index contributed by atoms with van der Waals surface area (Å²) < 4.78 is 24.7. The van der Waals surface area contributed by atoms with Crippen LogP contribution in [0.25, 0.3) is 11.0 Å². The van der Waals surface area contributed by atoms with E-state index in [0.29, 0.717) is 47.3 Å². The summed E-state index contributed by atoms with van der Waals surface area (Å²) in [5.41, 5.74) is 1.27. The molecule has 0 spiro atoms. The molecule has 0 aliphatic carbocycles. The van der Waals surface area contributed by atoms with Crippen LogP contribution in [-0.4, -0.2) is 61.1 Å². The largest absolute Gasteiger partial charge is 0.451 e. The Morgan fingerprint density at radius 1 is 1.24 bits per heavy atom. The molecule has 2 atom stereocenters. The molecule has 0 N–H and O–H groups in total. The average molecular weight is 346 g/mol. The first-order chi connectivity index (χ1) is 12.0. The second-order valence-electron chi connectivity index (χ2n) is 7.10. The van der Waals surface area contributed by atoms with E-state index in [1.807, 2.05) is 11.8 Å². The van der Waals surface area contributed by atoms with Crippen LogP contribution in [-0.2, 0) is 4.74 Å². The van der Waals surface area contributed by atoms with Gasteiger partial charge >= 0.3 is 0 Å². The van der Waals surface area contributed by atoms with Gasteiger partial charge in [0, 0.05) is 43.2 Å². The van der Waals surface area contributed by atoms with E-state index >= 15 is 0 Å². The van der Waals surface area contributed by atoms with Gasteiger partial charge in [0.2, 0.25) is 0 Å². The second-order valence-corrected chi connectivity index (χ2v) is 7.10. The lowest BCUT2D eigenvalue weighted by Gasteiger charge is -2.33. The predicted molar refractivity (Wildman–Crippen MR) is 92.2 cm³/mol. The minimum absolute atomic E-state index is 0.100. The van der Waals surface area contributed by atoms with Gasteiger partial charge < -0.3 is 14.1 Å². The van der Waals surface area contributed by atoms with Crippen molar-refractivity contribution in [1.82, 2.24) is 9.80 Å². The lowest BCUT2D eigenvalue weighted by molar-refractivity contribution is 0.0119. The number of ether oxygens (including phenoxy) is 1. The summed E-state index contributed by atoms with van der Waals surface area (Å²) >= 11 is 0. The van der Waals surface area contributed by atoms with Crippen molar-refractivity contribution in [2.24, 2.45) is 5.92 Å². The maximum absolute atomic E-state index is 13.5. The van der Waals surface area contributed by atoms with Crippen molar-refractivity contribution in [3.63, 3.8) is 0 Å². The van der Waals surface area contributed by atoms with E-state index in [2.05, 4.69) is 11.8 Å². The van der Waals surface area contributed by atoms with Gasteiger partial charge in [0.25, 0.3) is 5.91 Å². The number of hydrogen-bond donors (Lipinski definition) is 0. The lowest BCUT2D eigenvalue weighted by atomic mass is 10.0. The molecule has 0 radical (unpaired) electrons. The van der Waals surface area contributed by atoms with Crippen LogP contribution in [0, 0.1) is 18.7 Å². The molecule has 2 aliphatic heterocycles. The van der Waals surface area contributed by atoms with Crippen molar-refractivity contribution in [2.45, 2.75) is 19.9 Å². The van der Waals surface area contributed by atoms with E-state index in [9.17, 15) is 9.18 Å². The number of amides is 1. The van der Waals surface area contributed by atoms with Crippen molar-refractivity contribution in [1.29, 1.82) is 0 Å². The van der Waals surface area contributed by atoms with E-state index in [-0.39, 0.29) is 11.7 Å². The lowest BCUT2D eigenvalue weighted by Crippen LogP contribution is -2.47. The number of carbonyl (C=O) groups excluding carboxylic acids is 1. The second kappa shape index (κ2) is 6.42. The number of nitrogens with zero attached hydrogens (tertiary/aromatic N) is 2. The summed E-state index contributed by atoms with van der Waals surface area (Å²) in [6.45, 7) is 8.76. The number of morpholine rings is 1. The fraction of sp³-hybridized carbons (Fsp3) is 0.526. The zero-order valence-corrected chi connectivity index (χ0v) is 14.6. The van der Waals surface area contributed by atoms with Crippen molar-refractivity contribution in [3.05, 3.63) is 35.3 Å². The van der Waals surface area contributed by atoms with Gasteiger partial charge in [-0.15, -0.1) is 0 Å². The molecular formula is C19H23FN2O3. The van der Waals surface area contributed by atoms with Gasteiger partial charge in [-0.05, 0) is 31.0 Å². The number of aryl methyl sites for hydroxylation is 1. The highest BCUT2D eigenvalue weighted by molar-refractivity contribution is 5.99. The maximum Gasteiger partial charge on any atom is 0.289 e. The summed E-state index contributed by atoms with van der Waals surface area (Å²) in [6.07, 6.45) is 0. The Balaban J connectivity index is 1.56. The van der Waals surface area contributed by atoms with E-state index in [0.717, 1.165) is 26.3 Å². The molecule has 2 saturated heterocycles. The van der Waals surface area contributed by atoms with Crippen LogP contribution in [0.3, 0.4) is 0 Å². The van der Waals surface area contributed by atoms with Crippen molar-refractivity contribution >= 4 is 16.9 Å². The zero-order valence-electron chi connectivity index (χ0n) is 14.6. The van der Waals surface area contributed by atoms with Gasteiger partial charge in [0.15, 0.2) is 5.76 Å². The molecule has 0 unspecified atom stereocenters. The number of halogens is 1. The Morgan fingerprint density at radius 2 is 2.00 bits per heavy atom. The third kappa shape index (κ3) is 2.93. The zero-order chi connectivity index (χ0) is 17.6. The Bertz CT molecular complexity index is 797. The number of fused-ring (bicyclic) bond motifs is 1. The molecule has 4 rings (SSSR count). The Morgan fingerprint density at radius 3 is 2.76 bits per heavy atom. The Hall–Kier alpha value is -1.92. The molecule has 1 amide bonds. The number of rotatable bonds is 2. The summed E-state index contributed by atoms with van der Waals surface area (Å²) in [7, 11) is 0. The molecule has 1 aromatic heterocycles. The first kappa shape index (κ1) is 16.5. The summed E-state index contributed by atoms with van der Waals surface area (Å²) in [5, 5.41) is 0.667. The van der Waals surface area contributed by atoms with Gasteiger partial charge in [-0.3, -0.25) is 9.69 Å². The molecule has 2 aromatic rings. The molecule has 0 bridgehead atoms. The van der Waals surface area contributed by atoms with Crippen LogP contribution in [0.4, 0.5) is 4.39 Å². The van der Waals surface area contributed by atoms with E-state index in [1.54, 1.807) is 6.07 Å². The Kier molecular flexibility index (Phi) is 4.25. The average Bonchev–Trinajstić information content (AvgIpc) is 3.16. The van der Waals surface area contributed by atoms with Crippen molar-refractivity contribution < 1.29 is 18.3 Å². The molecule has 0 saturated carbocycles. The number of benzene rings is 1. The van der Waals surface area contributed by atoms with Crippen LogP contribution >= 0.6 is 0 Å². The standard InChI is InChI=1S/C19H23FN2O3/c1-12-10-22(11-16(12)21-5-7-24-8-6-21)19(23)18-13(2)15-9-14(20)3-4-17(15)25-18/h3-4,9,12,16H,5-8,10-11H2,1-2H3/t12-,16-/m0/s1. The molecule has 1 aromatic carbocycles. The third-order valence-corrected chi connectivity index (χ3v) is 5.47. The predicted octanol–water partition coefficient (Wildman–Crippen LogP) is 2.67. The highest BCUT2D eigenvalue weighted by atomic mass is 19.1. The normalized spacial score (nSPS) is 25.0. The minimum Gasteiger partial charge on any atom is -0.451 e. The molecule has 6 heteroatoms. The number of likely N-dealkylation sites (tertiary alicyclic amines) is 1. The molecule has 134 valence electrons. The van der Waals surface area contributed by atoms with Crippen molar-refractivity contribution in [2.75, 3.05) is 39.4 Å². The molecule has 3 heterocycles.